The Bertz CT molecular complexity index is 1200. The number of amides is 1. The summed E-state index contributed by atoms with van der Waals surface area (Å²) < 4.78 is 43.8. The lowest BCUT2D eigenvalue weighted by Crippen LogP contribution is -2.15. The Morgan fingerprint density at radius 2 is 1.44 bits per heavy atom. The molecule has 0 bridgehead atoms. The van der Waals surface area contributed by atoms with Crippen LogP contribution in [0.2, 0.25) is 0 Å². The first-order chi connectivity index (χ1) is 15.3. The van der Waals surface area contributed by atoms with E-state index in [2.05, 4.69) is 10.0 Å². The van der Waals surface area contributed by atoms with Crippen LogP contribution in [0.25, 0.3) is 0 Å². The Kier molecular flexibility index (Phi) is 6.89. The molecule has 3 aromatic rings. The fraction of sp³-hybridized carbons (Fsp3) is 0.174. The molecular weight excluding hydrogens is 432 g/mol. The summed E-state index contributed by atoms with van der Waals surface area (Å²) in [6, 6.07) is 15.9. The third kappa shape index (κ3) is 4.94. The predicted molar refractivity (Wildman–Crippen MR) is 122 cm³/mol. The number of hydrogen-bond donors (Lipinski definition) is 2. The van der Waals surface area contributed by atoms with E-state index in [4.69, 9.17) is 14.2 Å². The number of aryl methyl sites for hydroxylation is 1. The molecule has 2 N–H and O–H groups in total. The summed E-state index contributed by atoms with van der Waals surface area (Å²) in [5, 5.41) is 2.74. The van der Waals surface area contributed by atoms with Gasteiger partial charge in [-0.15, -0.1) is 0 Å². The standard InChI is InChI=1S/C23H24N2O6S/c1-15-7-5-6-8-19(15)25-32(27,28)18-11-9-16(10-12-18)23(26)24-17-13-20(29-2)22(31-4)21(14-17)30-3/h5-14,25H,1-4H3,(H,24,26). The maximum atomic E-state index is 12.7. The molecule has 0 atom stereocenters. The van der Waals surface area contributed by atoms with Crippen LogP contribution in [0.15, 0.2) is 65.6 Å². The number of benzene rings is 3. The van der Waals surface area contributed by atoms with Gasteiger partial charge in [-0.25, -0.2) is 8.42 Å². The number of hydrogen-bond acceptors (Lipinski definition) is 6. The van der Waals surface area contributed by atoms with E-state index >= 15 is 0 Å². The second kappa shape index (κ2) is 9.61. The molecule has 0 heterocycles. The molecule has 9 heteroatoms. The van der Waals surface area contributed by atoms with Crippen LogP contribution >= 0.6 is 0 Å². The fourth-order valence-corrected chi connectivity index (χ4v) is 4.16. The highest BCUT2D eigenvalue weighted by atomic mass is 32.2. The summed E-state index contributed by atoms with van der Waals surface area (Å²) in [5.41, 5.74) is 2.02. The Balaban J connectivity index is 1.79. The molecule has 0 aliphatic carbocycles. The number of nitrogens with one attached hydrogen (secondary N) is 2. The van der Waals surface area contributed by atoms with E-state index in [0.29, 0.717) is 28.6 Å². The van der Waals surface area contributed by atoms with Gasteiger partial charge in [0.2, 0.25) is 5.75 Å². The van der Waals surface area contributed by atoms with Gasteiger partial charge < -0.3 is 19.5 Å². The van der Waals surface area contributed by atoms with Gasteiger partial charge in [-0.2, -0.15) is 0 Å². The lowest BCUT2D eigenvalue weighted by molar-refractivity contribution is 0.102. The SMILES string of the molecule is COc1cc(NC(=O)c2ccc(S(=O)(=O)Nc3ccccc3C)cc2)cc(OC)c1OC. The summed E-state index contributed by atoms with van der Waals surface area (Å²) in [6.07, 6.45) is 0. The minimum Gasteiger partial charge on any atom is -0.493 e. The largest absolute Gasteiger partial charge is 0.493 e. The molecule has 0 aliphatic heterocycles. The van der Waals surface area contributed by atoms with Crippen LogP contribution in [0.4, 0.5) is 11.4 Å². The van der Waals surface area contributed by atoms with Crippen molar-refractivity contribution in [2.45, 2.75) is 11.8 Å². The number of ether oxygens (including phenoxy) is 3. The van der Waals surface area contributed by atoms with Gasteiger partial charge >= 0.3 is 0 Å². The molecule has 32 heavy (non-hydrogen) atoms. The topological polar surface area (TPSA) is 103 Å². The van der Waals surface area contributed by atoms with Crippen LogP contribution in [0.3, 0.4) is 0 Å². The molecule has 3 aromatic carbocycles. The predicted octanol–water partition coefficient (Wildman–Crippen LogP) is 4.07. The molecule has 1 amide bonds. The van der Waals surface area contributed by atoms with E-state index in [0.717, 1.165) is 5.56 Å². The molecule has 0 aromatic heterocycles. The van der Waals surface area contributed by atoms with Crippen molar-refractivity contribution < 1.29 is 27.4 Å². The highest BCUT2D eigenvalue weighted by Crippen LogP contribution is 2.40. The second-order valence-corrected chi connectivity index (χ2v) is 8.50. The average molecular weight is 457 g/mol. The molecule has 0 saturated heterocycles. The molecule has 0 saturated carbocycles. The van der Waals surface area contributed by atoms with Gasteiger partial charge in [0.15, 0.2) is 11.5 Å². The van der Waals surface area contributed by atoms with Gasteiger partial charge in [0.25, 0.3) is 15.9 Å². The quantitative estimate of drug-likeness (QED) is 0.530. The van der Waals surface area contributed by atoms with E-state index in [-0.39, 0.29) is 10.5 Å². The molecule has 8 nitrogen and oxygen atoms in total. The zero-order chi connectivity index (χ0) is 23.3. The van der Waals surface area contributed by atoms with Crippen LogP contribution in [-0.2, 0) is 10.0 Å². The van der Waals surface area contributed by atoms with Crippen LogP contribution in [0, 0.1) is 6.92 Å². The number of carbonyl (C=O) groups excluding carboxylic acids is 1. The molecule has 3 rings (SSSR count). The maximum Gasteiger partial charge on any atom is 0.261 e. The average Bonchev–Trinajstić information content (AvgIpc) is 2.79. The lowest BCUT2D eigenvalue weighted by atomic mass is 10.2. The molecule has 0 unspecified atom stereocenters. The molecule has 0 spiro atoms. The van der Waals surface area contributed by atoms with Crippen molar-refractivity contribution in [3.63, 3.8) is 0 Å². The molecule has 0 aliphatic rings. The van der Waals surface area contributed by atoms with Crippen LogP contribution < -0.4 is 24.2 Å². The maximum absolute atomic E-state index is 12.7. The number of anilines is 2. The lowest BCUT2D eigenvalue weighted by Gasteiger charge is -2.15. The first kappa shape index (κ1) is 23.0. The van der Waals surface area contributed by atoms with Crippen molar-refractivity contribution in [1.29, 1.82) is 0 Å². The zero-order valence-electron chi connectivity index (χ0n) is 18.1. The smallest absolute Gasteiger partial charge is 0.261 e. The second-order valence-electron chi connectivity index (χ2n) is 6.81. The van der Waals surface area contributed by atoms with Crippen molar-refractivity contribution in [1.82, 2.24) is 0 Å². The van der Waals surface area contributed by atoms with E-state index in [1.165, 1.54) is 45.6 Å². The zero-order valence-corrected chi connectivity index (χ0v) is 18.9. The summed E-state index contributed by atoms with van der Waals surface area (Å²) in [6.45, 7) is 1.81. The van der Waals surface area contributed by atoms with Gasteiger partial charge in [0.1, 0.15) is 0 Å². The third-order valence-corrected chi connectivity index (χ3v) is 6.12. The number of para-hydroxylation sites is 1. The van der Waals surface area contributed by atoms with Crippen molar-refractivity contribution in [3.8, 4) is 17.2 Å². The van der Waals surface area contributed by atoms with Crippen molar-refractivity contribution in [2.24, 2.45) is 0 Å². The van der Waals surface area contributed by atoms with E-state index in [1.54, 1.807) is 24.3 Å². The van der Waals surface area contributed by atoms with Gasteiger partial charge in [0, 0.05) is 23.4 Å². The van der Waals surface area contributed by atoms with Crippen LogP contribution in [0.1, 0.15) is 15.9 Å². The van der Waals surface area contributed by atoms with E-state index in [1.807, 2.05) is 19.1 Å². The number of sulfonamides is 1. The molecule has 0 radical (unpaired) electrons. The first-order valence-corrected chi connectivity index (χ1v) is 11.1. The third-order valence-electron chi connectivity index (χ3n) is 4.74. The monoisotopic (exact) mass is 456 g/mol. The minimum absolute atomic E-state index is 0.0464. The number of methoxy groups -OCH3 is 3. The van der Waals surface area contributed by atoms with Crippen LogP contribution in [-0.4, -0.2) is 35.7 Å². The normalized spacial score (nSPS) is 10.9. The van der Waals surface area contributed by atoms with E-state index < -0.39 is 15.9 Å². The van der Waals surface area contributed by atoms with Crippen molar-refractivity contribution in [3.05, 3.63) is 71.8 Å². The summed E-state index contributed by atoms with van der Waals surface area (Å²) >= 11 is 0. The Hall–Kier alpha value is -3.72. The number of rotatable bonds is 8. The van der Waals surface area contributed by atoms with Crippen LogP contribution in [0.5, 0.6) is 17.2 Å². The van der Waals surface area contributed by atoms with Crippen molar-refractivity contribution in [2.75, 3.05) is 31.4 Å². The van der Waals surface area contributed by atoms with Gasteiger partial charge in [-0.3, -0.25) is 9.52 Å². The van der Waals surface area contributed by atoms with Gasteiger partial charge in [-0.05, 0) is 42.8 Å². The molecule has 168 valence electrons. The van der Waals surface area contributed by atoms with E-state index in [9.17, 15) is 13.2 Å². The Morgan fingerprint density at radius 1 is 0.844 bits per heavy atom. The summed E-state index contributed by atoms with van der Waals surface area (Å²) in [7, 11) is 0.655. The summed E-state index contributed by atoms with van der Waals surface area (Å²) in [5.74, 6) is 0.774. The minimum atomic E-state index is -3.79. The Morgan fingerprint density at radius 3 is 1.97 bits per heavy atom. The molecule has 0 fully saturated rings. The summed E-state index contributed by atoms with van der Waals surface area (Å²) in [4.78, 5) is 12.7. The van der Waals surface area contributed by atoms with Gasteiger partial charge in [0.05, 0.1) is 31.9 Å². The highest BCUT2D eigenvalue weighted by molar-refractivity contribution is 7.92. The highest BCUT2D eigenvalue weighted by Gasteiger charge is 2.18. The number of carbonyl (C=O) groups is 1. The molecular formula is C23H24N2O6S. The Labute approximate surface area is 187 Å². The fourth-order valence-electron chi connectivity index (χ4n) is 3.03. The van der Waals surface area contributed by atoms with Crippen molar-refractivity contribution >= 4 is 27.3 Å². The first-order valence-electron chi connectivity index (χ1n) is 9.59. The van der Waals surface area contributed by atoms with Gasteiger partial charge in [-0.1, -0.05) is 18.2 Å².